The van der Waals surface area contributed by atoms with Crippen molar-refractivity contribution in [3.05, 3.63) is 34.3 Å². The first-order chi connectivity index (χ1) is 17.8. The van der Waals surface area contributed by atoms with Crippen LogP contribution >= 0.6 is 23.4 Å². The summed E-state index contributed by atoms with van der Waals surface area (Å²) < 4.78 is 14.3. The fourth-order valence-electron chi connectivity index (χ4n) is 5.66. The molecule has 1 aliphatic heterocycles. The lowest BCUT2D eigenvalue weighted by Crippen LogP contribution is -2.28. The second-order valence-electron chi connectivity index (χ2n) is 10.8. The zero-order valence-corrected chi connectivity index (χ0v) is 23.1. The monoisotopic (exact) mass is 544 g/mol. The Hall–Kier alpha value is -1.98. The molecule has 1 aromatic carbocycles. The van der Waals surface area contributed by atoms with Crippen molar-refractivity contribution < 1.29 is 14.6 Å². The number of aryl methyl sites for hydroxylation is 1. The molecule has 11 heteroatoms. The van der Waals surface area contributed by atoms with E-state index >= 15 is 0 Å². The molecule has 37 heavy (non-hydrogen) atoms. The number of thioether (sulfide) groups is 1. The highest BCUT2D eigenvalue weighted by Gasteiger charge is 2.55. The normalized spacial score (nSPS) is 30.1. The van der Waals surface area contributed by atoms with E-state index in [9.17, 15) is 5.11 Å². The molecule has 3 aliphatic rings. The zero-order chi connectivity index (χ0) is 25.9. The molecule has 0 spiro atoms. The molecule has 3 heterocycles. The maximum atomic E-state index is 10.0. The van der Waals surface area contributed by atoms with Crippen LogP contribution in [0.2, 0.25) is 5.02 Å². The van der Waals surface area contributed by atoms with Gasteiger partial charge >= 0.3 is 0 Å². The van der Waals surface area contributed by atoms with Crippen molar-refractivity contribution in [1.82, 2.24) is 25.0 Å². The Bertz CT molecular complexity index is 1320. The fourth-order valence-corrected chi connectivity index (χ4v) is 6.48. The van der Waals surface area contributed by atoms with Crippen molar-refractivity contribution >= 4 is 40.3 Å². The topological polar surface area (TPSA) is 107 Å². The van der Waals surface area contributed by atoms with Crippen LogP contribution in [0.1, 0.15) is 63.1 Å². The van der Waals surface area contributed by atoms with Crippen LogP contribution in [0.4, 0.5) is 5.82 Å². The van der Waals surface area contributed by atoms with Crippen LogP contribution in [-0.2, 0) is 9.47 Å². The minimum absolute atomic E-state index is 0.0283. The Morgan fingerprint density at radius 2 is 2.03 bits per heavy atom. The van der Waals surface area contributed by atoms with Gasteiger partial charge in [0, 0.05) is 35.3 Å². The predicted octanol–water partition coefficient (Wildman–Crippen LogP) is 4.73. The summed E-state index contributed by atoms with van der Waals surface area (Å²) in [5.41, 5.74) is 3.71. The van der Waals surface area contributed by atoms with E-state index in [0.29, 0.717) is 34.5 Å². The molecule has 0 bridgehead atoms. The van der Waals surface area contributed by atoms with Gasteiger partial charge in [0.05, 0.1) is 12.1 Å². The molecule has 2 aliphatic carbocycles. The summed E-state index contributed by atoms with van der Waals surface area (Å²) >= 11 is 7.87. The molecular formula is C26H33ClN6O3S. The predicted molar refractivity (Wildman–Crippen MR) is 143 cm³/mol. The van der Waals surface area contributed by atoms with E-state index in [4.69, 9.17) is 31.0 Å². The van der Waals surface area contributed by atoms with Crippen molar-refractivity contribution in [2.75, 3.05) is 17.7 Å². The number of rotatable bonds is 8. The molecule has 3 aromatic rings. The van der Waals surface area contributed by atoms with Gasteiger partial charge in [-0.15, -0.1) is 5.10 Å². The third-order valence-corrected chi connectivity index (χ3v) is 9.04. The van der Waals surface area contributed by atoms with Crippen LogP contribution < -0.4 is 5.32 Å². The number of nitrogens with zero attached hydrogens (tertiary/aromatic N) is 5. The lowest BCUT2D eigenvalue weighted by Gasteiger charge is -2.23. The number of anilines is 1. The smallest absolute Gasteiger partial charge is 0.191 e. The van der Waals surface area contributed by atoms with Crippen LogP contribution in [0.3, 0.4) is 0 Å². The minimum Gasteiger partial charge on any atom is -0.396 e. The number of benzene rings is 1. The largest absolute Gasteiger partial charge is 0.396 e. The van der Waals surface area contributed by atoms with E-state index in [0.717, 1.165) is 29.2 Å². The summed E-state index contributed by atoms with van der Waals surface area (Å²) in [5.74, 6) is 1.30. The molecule has 9 nitrogen and oxygen atoms in total. The summed E-state index contributed by atoms with van der Waals surface area (Å²) in [4.78, 5) is 9.73. The Kier molecular flexibility index (Phi) is 6.60. The van der Waals surface area contributed by atoms with E-state index in [2.05, 4.69) is 34.7 Å². The van der Waals surface area contributed by atoms with Gasteiger partial charge in [-0.1, -0.05) is 47.6 Å². The van der Waals surface area contributed by atoms with Crippen molar-refractivity contribution in [2.45, 2.75) is 88.1 Å². The minimum atomic E-state index is -0.706. The van der Waals surface area contributed by atoms with Crippen molar-refractivity contribution in [1.29, 1.82) is 0 Å². The van der Waals surface area contributed by atoms with Gasteiger partial charge in [-0.3, -0.25) is 0 Å². The highest BCUT2D eigenvalue weighted by atomic mass is 35.5. The molecule has 6 rings (SSSR count). The molecule has 2 aromatic heterocycles. The molecule has 2 saturated carbocycles. The Balaban J connectivity index is 1.32. The second kappa shape index (κ2) is 9.64. The number of fused-ring (bicyclic) bond motifs is 2. The first kappa shape index (κ1) is 25.3. The molecule has 6 unspecified atom stereocenters. The lowest BCUT2D eigenvalue weighted by atomic mass is 10.1. The van der Waals surface area contributed by atoms with Gasteiger partial charge in [-0.25, -0.2) is 14.6 Å². The number of hydrogen-bond donors (Lipinski definition) is 2. The van der Waals surface area contributed by atoms with Gasteiger partial charge < -0.3 is 19.9 Å². The van der Waals surface area contributed by atoms with E-state index in [1.165, 1.54) is 5.56 Å². The standard InChI is InChI=1S/C26H33ClN6O3S/c1-5-8-37-25-29-23(28-18-11-16(18)14-6-7-17(27)13(2)9-14)20-24(30-25)33(32-31-20)19-10-15(12-34)21-22(19)36-26(3,4)35-21/h6-7,9,15-16,18-19,21-22,34H,5,8,10-12H2,1-4H3,(H,28,29,30). The van der Waals surface area contributed by atoms with Gasteiger partial charge in [-0.2, -0.15) is 0 Å². The third kappa shape index (κ3) is 4.71. The maximum absolute atomic E-state index is 10.0. The number of aliphatic hydroxyl groups excluding tert-OH is 1. The van der Waals surface area contributed by atoms with Crippen LogP contribution in [0.15, 0.2) is 23.4 Å². The van der Waals surface area contributed by atoms with Crippen molar-refractivity contribution in [3.63, 3.8) is 0 Å². The molecule has 198 valence electrons. The summed E-state index contributed by atoms with van der Waals surface area (Å²) in [7, 11) is 0. The average molecular weight is 545 g/mol. The lowest BCUT2D eigenvalue weighted by molar-refractivity contribution is -0.162. The van der Waals surface area contributed by atoms with Gasteiger partial charge in [0.15, 0.2) is 27.9 Å². The molecule has 1 saturated heterocycles. The SMILES string of the molecule is CCCSc1nc(NC2CC2c2ccc(Cl)c(C)c2)c2nnn(C3CC(CO)C4OC(C)(C)OC43)c2n1. The number of halogens is 1. The molecule has 6 atom stereocenters. The Morgan fingerprint density at radius 1 is 1.22 bits per heavy atom. The van der Waals surface area contributed by atoms with Crippen molar-refractivity contribution in [2.24, 2.45) is 5.92 Å². The van der Waals surface area contributed by atoms with Crippen LogP contribution in [-0.4, -0.2) is 66.5 Å². The molecule has 2 N–H and O–H groups in total. The summed E-state index contributed by atoms with van der Waals surface area (Å²) in [6.45, 7) is 8.04. The fraction of sp³-hybridized carbons (Fsp3) is 0.615. The summed E-state index contributed by atoms with van der Waals surface area (Å²) in [6, 6.07) is 6.37. The number of hydrogen-bond acceptors (Lipinski definition) is 9. The maximum Gasteiger partial charge on any atom is 0.191 e. The zero-order valence-electron chi connectivity index (χ0n) is 21.5. The number of nitrogens with one attached hydrogen (secondary N) is 1. The molecule has 0 amide bonds. The van der Waals surface area contributed by atoms with Crippen LogP contribution in [0.25, 0.3) is 11.2 Å². The number of aliphatic hydroxyl groups is 1. The second-order valence-corrected chi connectivity index (χ2v) is 12.3. The molecular weight excluding hydrogens is 512 g/mol. The van der Waals surface area contributed by atoms with E-state index in [-0.39, 0.29) is 36.8 Å². The Morgan fingerprint density at radius 3 is 2.78 bits per heavy atom. The number of aromatic nitrogens is 5. The van der Waals surface area contributed by atoms with Crippen molar-refractivity contribution in [3.8, 4) is 0 Å². The van der Waals surface area contributed by atoms with Gasteiger partial charge in [0.2, 0.25) is 0 Å². The first-order valence-corrected chi connectivity index (χ1v) is 14.4. The molecule has 0 radical (unpaired) electrons. The third-order valence-electron chi connectivity index (χ3n) is 7.56. The highest BCUT2D eigenvalue weighted by Crippen LogP contribution is 2.48. The summed E-state index contributed by atoms with van der Waals surface area (Å²) in [5, 5.41) is 24.2. The van der Waals surface area contributed by atoms with E-state index in [1.54, 1.807) is 11.8 Å². The summed E-state index contributed by atoms with van der Waals surface area (Å²) in [6.07, 6.45) is 2.31. The quantitative estimate of drug-likeness (QED) is 0.307. The number of ether oxygens (including phenoxy) is 2. The average Bonchev–Trinajstić information content (AvgIpc) is 3.19. The highest BCUT2D eigenvalue weighted by molar-refractivity contribution is 7.99. The van der Waals surface area contributed by atoms with Crippen LogP contribution in [0.5, 0.6) is 0 Å². The van der Waals surface area contributed by atoms with Gasteiger partial charge in [0.1, 0.15) is 6.10 Å². The first-order valence-electron chi connectivity index (χ1n) is 13.0. The van der Waals surface area contributed by atoms with E-state index in [1.807, 2.05) is 31.5 Å². The molecule has 3 fully saturated rings. The Labute approximate surface area is 225 Å². The van der Waals surface area contributed by atoms with E-state index < -0.39 is 5.79 Å². The van der Waals surface area contributed by atoms with Gasteiger partial charge in [0.25, 0.3) is 0 Å². The van der Waals surface area contributed by atoms with Gasteiger partial charge in [-0.05, 0) is 57.2 Å². The van der Waals surface area contributed by atoms with Crippen LogP contribution in [0, 0.1) is 12.8 Å².